The highest BCUT2D eigenvalue weighted by molar-refractivity contribution is 5.49. The molecule has 2 N–H and O–H groups in total. The maximum Gasteiger partial charge on any atom is 0.420 e. The van der Waals surface area contributed by atoms with Gasteiger partial charge in [0.2, 0.25) is 0 Å². The maximum absolute atomic E-state index is 13.0. The van der Waals surface area contributed by atoms with Crippen molar-refractivity contribution in [3.8, 4) is 5.75 Å². The van der Waals surface area contributed by atoms with Crippen molar-refractivity contribution in [2.45, 2.75) is 26.6 Å². The summed E-state index contributed by atoms with van der Waals surface area (Å²) in [6.07, 6.45) is -4.49. The Morgan fingerprint density at radius 3 is 2.43 bits per heavy atom. The molecule has 0 saturated heterocycles. The summed E-state index contributed by atoms with van der Waals surface area (Å²) in [5.41, 5.74) is 7.50. The number of aryl methyl sites for hydroxylation is 2. The first-order valence-electron chi connectivity index (χ1n) is 6.43. The van der Waals surface area contributed by atoms with E-state index in [1.807, 2.05) is 32.0 Å². The van der Waals surface area contributed by atoms with Crippen LogP contribution in [-0.2, 0) is 12.8 Å². The lowest BCUT2D eigenvalue weighted by molar-refractivity contribution is -0.139. The van der Waals surface area contributed by atoms with Gasteiger partial charge >= 0.3 is 6.18 Å². The van der Waals surface area contributed by atoms with E-state index >= 15 is 0 Å². The van der Waals surface area contributed by atoms with Gasteiger partial charge in [-0.25, -0.2) is 0 Å². The molecule has 0 atom stereocenters. The average Bonchev–Trinajstić information content (AvgIpc) is 2.40. The zero-order valence-electron chi connectivity index (χ0n) is 11.8. The van der Waals surface area contributed by atoms with Crippen LogP contribution in [0.15, 0.2) is 36.4 Å². The Kier molecular flexibility index (Phi) is 4.11. The zero-order valence-corrected chi connectivity index (χ0v) is 11.8. The highest BCUT2D eigenvalue weighted by Gasteiger charge is 2.34. The predicted octanol–water partition coefficient (Wildman–Crippen LogP) is 4.48. The van der Waals surface area contributed by atoms with E-state index in [1.54, 1.807) is 0 Å². The van der Waals surface area contributed by atoms with Crippen LogP contribution in [0.25, 0.3) is 0 Å². The number of nitrogen functional groups attached to an aromatic ring is 1. The summed E-state index contributed by atoms with van der Waals surface area (Å²) in [4.78, 5) is 0. The van der Waals surface area contributed by atoms with Gasteiger partial charge in [0.25, 0.3) is 0 Å². The zero-order chi connectivity index (χ0) is 15.6. The maximum atomic E-state index is 13.0. The van der Waals surface area contributed by atoms with Gasteiger partial charge in [-0.1, -0.05) is 23.8 Å². The Morgan fingerprint density at radius 2 is 1.76 bits per heavy atom. The van der Waals surface area contributed by atoms with E-state index in [-0.39, 0.29) is 18.0 Å². The van der Waals surface area contributed by atoms with Crippen LogP contribution in [0.2, 0.25) is 0 Å². The molecule has 2 rings (SSSR count). The molecule has 0 radical (unpaired) electrons. The summed E-state index contributed by atoms with van der Waals surface area (Å²) < 4.78 is 44.3. The van der Waals surface area contributed by atoms with Gasteiger partial charge in [0.15, 0.2) is 0 Å². The van der Waals surface area contributed by atoms with Gasteiger partial charge in [0.1, 0.15) is 12.4 Å². The van der Waals surface area contributed by atoms with E-state index in [4.69, 9.17) is 10.5 Å². The highest BCUT2D eigenvalue weighted by atomic mass is 19.4. The molecule has 0 saturated carbocycles. The Bertz CT molecular complexity index is 650. The van der Waals surface area contributed by atoms with Gasteiger partial charge < -0.3 is 10.5 Å². The van der Waals surface area contributed by atoms with E-state index < -0.39 is 11.7 Å². The van der Waals surface area contributed by atoms with E-state index in [0.29, 0.717) is 0 Å². The van der Waals surface area contributed by atoms with Crippen molar-refractivity contribution in [2.75, 3.05) is 5.73 Å². The molecular weight excluding hydrogens is 279 g/mol. The van der Waals surface area contributed by atoms with Crippen molar-refractivity contribution in [1.82, 2.24) is 0 Å². The summed E-state index contributed by atoms with van der Waals surface area (Å²) in [6, 6.07) is 9.31. The highest BCUT2D eigenvalue weighted by Crippen LogP contribution is 2.37. The number of ether oxygens (including phenoxy) is 1. The Labute approximate surface area is 121 Å². The third-order valence-corrected chi connectivity index (χ3v) is 3.20. The second kappa shape index (κ2) is 5.68. The topological polar surface area (TPSA) is 35.2 Å². The van der Waals surface area contributed by atoms with Crippen LogP contribution >= 0.6 is 0 Å². The molecule has 0 amide bonds. The van der Waals surface area contributed by atoms with Crippen LogP contribution in [0.4, 0.5) is 18.9 Å². The van der Waals surface area contributed by atoms with Gasteiger partial charge in [-0.05, 0) is 43.2 Å². The lowest BCUT2D eigenvalue weighted by atomic mass is 10.1. The van der Waals surface area contributed by atoms with Crippen LogP contribution in [0.1, 0.15) is 22.3 Å². The first-order chi connectivity index (χ1) is 9.77. The molecule has 0 aliphatic heterocycles. The minimum absolute atomic E-state index is 0.0569. The van der Waals surface area contributed by atoms with Gasteiger partial charge in [0, 0.05) is 5.69 Å². The summed E-state index contributed by atoms with van der Waals surface area (Å²) in [7, 11) is 0. The molecule has 21 heavy (non-hydrogen) atoms. The van der Waals surface area contributed by atoms with Crippen molar-refractivity contribution >= 4 is 5.69 Å². The van der Waals surface area contributed by atoms with Crippen molar-refractivity contribution in [2.24, 2.45) is 0 Å². The summed E-state index contributed by atoms with van der Waals surface area (Å²) in [5, 5.41) is 0. The number of rotatable bonds is 3. The van der Waals surface area contributed by atoms with Gasteiger partial charge in [-0.15, -0.1) is 0 Å². The molecule has 2 aromatic rings. The lowest BCUT2D eigenvalue weighted by Crippen LogP contribution is -2.10. The Hall–Kier alpha value is -2.17. The molecular formula is C16H16F3NO. The summed E-state index contributed by atoms with van der Waals surface area (Å²) in [6.45, 7) is 3.90. The monoisotopic (exact) mass is 295 g/mol. The average molecular weight is 295 g/mol. The number of nitrogens with two attached hydrogens (primary N) is 1. The molecule has 0 aliphatic rings. The molecule has 0 heterocycles. The third kappa shape index (κ3) is 3.68. The number of hydrogen-bond donors (Lipinski definition) is 1. The van der Waals surface area contributed by atoms with Crippen molar-refractivity contribution in [1.29, 1.82) is 0 Å². The van der Waals surface area contributed by atoms with Crippen LogP contribution in [-0.4, -0.2) is 0 Å². The van der Waals surface area contributed by atoms with Crippen LogP contribution < -0.4 is 10.5 Å². The largest absolute Gasteiger partial charge is 0.488 e. The lowest BCUT2D eigenvalue weighted by Gasteiger charge is -2.15. The molecule has 0 fully saturated rings. The van der Waals surface area contributed by atoms with Gasteiger partial charge in [0.05, 0.1) is 5.56 Å². The van der Waals surface area contributed by atoms with Crippen LogP contribution in [0.5, 0.6) is 5.75 Å². The smallest absolute Gasteiger partial charge is 0.420 e. The van der Waals surface area contributed by atoms with Crippen molar-refractivity contribution < 1.29 is 17.9 Å². The number of halogens is 3. The number of benzene rings is 2. The summed E-state index contributed by atoms with van der Waals surface area (Å²) >= 11 is 0. The predicted molar refractivity (Wildman–Crippen MR) is 76.1 cm³/mol. The first-order valence-corrected chi connectivity index (χ1v) is 6.43. The van der Waals surface area contributed by atoms with Gasteiger partial charge in [-0.2, -0.15) is 13.2 Å². The van der Waals surface area contributed by atoms with E-state index in [2.05, 4.69) is 0 Å². The van der Waals surface area contributed by atoms with Crippen LogP contribution in [0.3, 0.4) is 0 Å². The number of hydrogen-bond acceptors (Lipinski definition) is 2. The first kappa shape index (κ1) is 15.2. The second-order valence-corrected chi connectivity index (χ2v) is 4.97. The number of alkyl halides is 3. The van der Waals surface area contributed by atoms with Crippen molar-refractivity contribution in [3.63, 3.8) is 0 Å². The summed E-state index contributed by atoms with van der Waals surface area (Å²) in [5.74, 6) is -0.211. The van der Waals surface area contributed by atoms with Crippen LogP contribution in [0, 0.1) is 13.8 Å². The molecule has 0 unspecified atom stereocenters. The molecule has 5 heteroatoms. The van der Waals surface area contributed by atoms with Gasteiger partial charge in [-0.3, -0.25) is 0 Å². The SMILES string of the molecule is Cc1ccc(C)c(COc2ccc(N)cc2C(F)(F)F)c1. The minimum atomic E-state index is -4.49. The van der Waals surface area contributed by atoms with E-state index in [1.165, 1.54) is 12.1 Å². The molecule has 2 nitrogen and oxygen atoms in total. The second-order valence-electron chi connectivity index (χ2n) is 4.97. The molecule has 0 aromatic heterocycles. The fourth-order valence-corrected chi connectivity index (χ4v) is 2.01. The number of anilines is 1. The molecule has 2 aromatic carbocycles. The van der Waals surface area contributed by atoms with E-state index in [9.17, 15) is 13.2 Å². The molecule has 0 spiro atoms. The third-order valence-electron chi connectivity index (χ3n) is 3.20. The van der Waals surface area contributed by atoms with E-state index in [0.717, 1.165) is 22.8 Å². The minimum Gasteiger partial charge on any atom is -0.488 e. The molecule has 0 bridgehead atoms. The fraction of sp³-hybridized carbons (Fsp3) is 0.250. The van der Waals surface area contributed by atoms with Crippen molar-refractivity contribution in [3.05, 3.63) is 58.7 Å². The normalized spacial score (nSPS) is 11.5. The Balaban J connectivity index is 2.26. The molecule has 0 aliphatic carbocycles. The quantitative estimate of drug-likeness (QED) is 0.847. The Morgan fingerprint density at radius 1 is 1.05 bits per heavy atom. The standard InChI is InChI=1S/C16H16F3NO/c1-10-3-4-11(2)12(7-10)9-21-15-6-5-13(20)8-14(15)16(17,18)19/h3-8H,9,20H2,1-2H3. The fourth-order valence-electron chi connectivity index (χ4n) is 2.01. The molecule has 112 valence electrons.